The lowest BCUT2D eigenvalue weighted by molar-refractivity contribution is 0.275. The van der Waals surface area contributed by atoms with Crippen molar-refractivity contribution in [2.45, 2.75) is 31.7 Å². The van der Waals surface area contributed by atoms with E-state index in [2.05, 4.69) is 0 Å². The molecule has 1 aliphatic rings. The third-order valence-electron chi connectivity index (χ3n) is 3.18. The van der Waals surface area contributed by atoms with E-state index in [4.69, 9.17) is 17.3 Å². The normalized spacial score (nSPS) is 18.6. The van der Waals surface area contributed by atoms with Crippen LogP contribution in [0.25, 0.3) is 0 Å². The summed E-state index contributed by atoms with van der Waals surface area (Å²) in [6.07, 6.45) is 4.57. The Kier molecular flexibility index (Phi) is 3.27. The lowest BCUT2D eigenvalue weighted by atomic mass is 9.80. The maximum absolute atomic E-state index is 13.5. The van der Waals surface area contributed by atoms with Gasteiger partial charge in [0.2, 0.25) is 0 Å². The number of rotatable bonds is 3. The Bertz CT molecular complexity index is 329. The van der Waals surface area contributed by atoms with E-state index in [0.29, 0.717) is 16.5 Å². The first-order chi connectivity index (χ1) is 7.18. The molecule has 1 unspecified atom stereocenters. The minimum Gasteiger partial charge on any atom is -0.324 e. The second-order valence-electron chi connectivity index (χ2n) is 4.27. The molecule has 0 aromatic heterocycles. The number of halogens is 2. The van der Waals surface area contributed by atoms with Crippen LogP contribution < -0.4 is 5.73 Å². The topological polar surface area (TPSA) is 26.0 Å². The largest absolute Gasteiger partial charge is 0.324 e. The summed E-state index contributed by atoms with van der Waals surface area (Å²) in [6.45, 7) is 0. The summed E-state index contributed by atoms with van der Waals surface area (Å²) in [6, 6.07) is 4.46. The fourth-order valence-corrected chi connectivity index (χ4v) is 2.37. The quantitative estimate of drug-likeness (QED) is 0.838. The fourth-order valence-electron chi connectivity index (χ4n) is 2.07. The minimum absolute atomic E-state index is 0.260. The molecule has 0 spiro atoms. The molecule has 82 valence electrons. The lowest BCUT2D eigenvalue weighted by Gasteiger charge is -2.28. The van der Waals surface area contributed by atoms with E-state index < -0.39 is 0 Å². The molecule has 0 heterocycles. The van der Waals surface area contributed by atoms with Crippen LogP contribution in [0.15, 0.2) is 18.2 Å². The van der Waals surface area contributed by atoms with Crippen molar-refractivity contribution in [2.24, 2.45) is 11.7 Å². The molecular formula is C12H15ClFN. The average Bonchev–Trinajstić information content (AvgIpc) is 2.11. The predicted octanol–water partition coefficient (Wildman–Crippen LogP) is 3.67. The molecule has 1 atom stereocenters. The number of hydrogen-bond donors (Lipinski definition) is 1. The molecule has 1 saturated carbocycles. The van der Waals surface area contributed by atoms with Gasteiger partial charge in [-0.05, 0) is 24.5 Å². The maximum Gasteiger partial charge on any atom is 0.129 e. The van der Waals surface area contributed by atoms with Gasteiger partial charge in [-0.1, -0.05) is 36.9 Å². The van der Waals surface area contributed by atoms with Gasteiger partial charge in [0.15, 0.2) is 0 Å². The van der Waals surface area contributed by atoms with E-state index in [1.807, 2.05) is 0 Å². The summed E-state index contributed by atoms with van der Waals surface area (Å²) in [4.78, 5) is 0. The molecule has 1 aliphatic carbocycles. The fraction of sp³-hybridized carbons (Fsp3) is 0.500. The maximum atomic E-state index is 13.5. The molecule has 15 heavy (non-hydrogen) atoms. The highest BCUT2D eigenvalue weighted by Crippen LogP contribution is 2.36. The molecule has 1 aromatic rings. The first-order valence-corrected chi connectivity index (χ1v) is 5.75. The number of benzene rings is 1. The minimum atomic E-state index is -0.283. The Morgan fingerprint density at radius 1 is 1.47 bits per heavy atom. The second kappa shape index (κ2) is 4.50. The van der Waals surface area contributed by atoms with Crippen molar-refractivity contribution in [1.82, 2.24) is 0 Å². The summed E-state index contributed by atoms with van der Waals surface area (Å²) in [7, 11) is 0. The summed E-state index contributed by atoms with van der Waals surface area (Å²) in [5.74, 6) is 0.380. The van der Waals surface area contributed by atoms with Crippen LogP contribution >= 0.6 is 11.6 Å². The average molecular weight is 228 g/mol. The summed E-state index contributed by atoms with van der Waals surface area (Å²) in [5.41, 5.74) is 6.46. The van der Waals surface area contributed by atoms with Gasteiger partial charge in [-0.15, -0.1) is 0 Å². The molecular weight excluding hydrogens is 213 g/mol. The smallest absolute Gasteiger partial charge is 0.129 e. The molecule has 0 aliphatic heterocycles. The van der Waals surface area contributed by atoms with Gasteiger partial charge in [0, 0.05) is 16.6 Å². The first kappa shape index (κ1) is 10.9. The van der Waals surface area contributed by atoms with Crippen LogP contribution in [0.5, 0.6) is 0 Å². The highest BCUT2D eigenvalue weighted by molar-refractivity contribution is 6.31. The number of nitrogens with two attached hydrogens (primary N) is 1. The molecule has 3 heteroatoms. The summed E-state index contributed by atoms with van der Waals surface area (Å²) >= 11 is 5.95. The highest BCUT2D eigenvalue weighted by atomic mass is 35.5. The van der Waals surface area contributed by atoms with Crippen molar-refractivity contribution < 1.29 is 4.39 Å². The van der Waals surface area contributed by atoms with E-state index in [1.165, 1.54) is 25.3 Å². The summed E-state index contributed by atoms with van der Waals surface area (Å²) in [5, 5.41) is 0.446. The zero-order valence-corrected chi connectivity index (χ0v) is 9.30. The van der Waals surface area contributed by atoms with Crippen molar-refractivity contribution in [2.75, 3.05) is 0 Å². The molecule has 2 N–H and O–H groups in total. The Morgan fingerprint density at radius 3 is 2.73 bits per heavy atom. The highest BCUT2D eigenvalue weighted by Gasteiger charge is 2.23. The van der Waals surface area contributed by atoms with E-state index in [1.54, 1.807) is 12.1 Å². The van der Waals surface area contributed by atoms with Crippen LogP contribution in [0.4, 0.5) is 4.39 Å². The third kappa shape index (κ3) is 2.32. The summed E-state index contributed by atoms with van der Waals surface area (Å²) < 4.78 is 13.5. The molecule has 2 rings (SSSR count). The molecule has 1 aromatic carbocycles. The van der Waals surface area contributed by atoms with Crippen molar-refractivity contribution in [3.05, 3.63) is 34.6 Å². The van der Waals surface area contributed by atoms with E-state index in [-0.39, 0.29) is 11.9 Å². The van der Waals surface area contributed by atoms with Crippen molar-refractivity contribution >= 4 is 11.6 Å². The van der Waals surface area contributed by atoms with Crippen LogP contribution in [0.3, 0.4) is 0 Å². The Labute approximate surface area is 94.4 Å². The zero-order valence-electron chi connectivity index (χ0n) is 8.55. The van der Waals surface area contributed by atoms with Gasteiger partial charge in [-0.3, -0.25) is 0 Å². The van der Waals surface area contributed by atoms with Crippen LogP contribution in [-0.4, -0.2) is 0 Å². The third-order valence-corrected chi connectivity index (χ3v) is 3.51. The molecule has 0 amide bonds. The molecule has 1 fully saturated rings. The van der Waals surface area contributed by atoms with E-state index >= 15 is 0 Å². The Hall–Kier alpha value is -0.600. The van der Waals surface area contributed by atoms with E-state index in [0.717, 1.165) is 6.42 Å². The van der Waals surface area contributed by atoms with Gasteiger partial charge in [0.1, 0.15) is 5.82 Å². The number of hydrogen-bond acceptors (Lipinski definition) is 1. The molecule has 0 saturated heterocycles. The molecule has 0 radical (unpaired) electrons. The van der Waals surface area contributed by atoms with Gasteiger partial charge < -0.3 is 5.73 Å². The van der Waals surface area contributed by atoms with Crippen LogP contribution in [0.2, 0.25) is 5.02 Å². The standard InChI is InChI=1S/C12H15ClFN/c13-9-5-2-6-10(14)12(9)11(15)7-8-3-1-4-8/h2,5-6,8,11H,1,3-4,7,15H2. The van der Waals surface area contributed by atoms with Crippen LogP contribution in [-0.2, 0) is 0 Å². The van der Waals surface area contributed by atoms with Gasteiger partial charge in [0.25, 0.3) is 0 Å². The first-order valence-electron chi connectivity index (χ1n) is 5.38. The molecule has 1 nitrogen and oxygen atoms in total. The van der Waals surface area contributed by atoms with Gasteiger partial charge >= 0.3 is 0 Å². The zero-order chi connectivity index (χ0) is 10.8. The Morgan fingerprint density at radius 2 is 2.20 bits per heavy atom. The Balaban J connectivity index is 2.12. The van der Waals surface area contributed by atoms with Crippen molar-refractivity contribution in [3.63, 3.8) is 0 Å². The van der Waals surface area contributed by atoms with Crippen LogP contribution in [0.1, 0.15) is 37.3 Å². The monoisotopic (exact) mass is 227 g/mol. The van der Waals surface area contributed by atoms with Gasteiger partial charge in [-0.25, -0.2) is 4.39 Å². The molecule has 0 bridgehead atoms. The van der Waals surface area contributed by atoms with Gasteiger partial charge in [0.05, 0.1) is 0 Å². The van der Waals surface area contributed by atoms with Crippen LogP contribution in [0, 0.1) is 11.7 Å². The lowest BCUT2D eigenvalue weighted by Crippen LogP contribution is -2.21. The van der Waals surface area contributed by atoms with Crippen molar-refractivity contribution in [3.8, 4) is 0 Å². The van der Waals surface area contributed by atoms with Gasteiger partial charge in [-0.2, -0.15) is 0 Å². The predicted molar refractivity (Wildman–Crippen MR) is 60.3 cm³/mol. The van der Waals surface area contributed by atoms with Crippen molar-refractivity contribution in [1.29, 1.82) is 0 Å². The SMILES string of the molecule is NC(CC1CCC1)c1c(F)cccc1Cl. The second-order valence-corrected chi connectivity index (χ2v) is 4.68. The van der Waals surface area contributed by atoms with E-state index in [9.17, 15) is 4.39 Å².